The number of amides is 2. The van der Waals surface area contributed by atoms with Crippen LogP contribution < -0.4 is 10.2 Å². The Morgan fingerprint density at radius 3 is 2.29 bits per heavy atom. The number of carboxylic acids is 1. The van der Waals surface area contributed by atoms with Crippen molar-refractivity contribution in [2.24, 2.45) is 11.8 Å². The molecule has 0 saturated carbocycles. The fourth-order valence-corrected chi connectivity index (χ4v) is 5.33. The van der Waals surface area contributed by atoms with Crippen molar-refractivity contribution < 1.29 is 19.5 Å². The number of carbonyl (C=O) groups excluding carboxylic acids is 2. The number of carbonyl (C=O) groups is 3. The quantitative estimate of drug-likeness (QED) is 0.521. The summed E-state index contributed by atoms with van der Waals surface area (Å²) in [7, 11) is 0. The highest BCUT2D eigenvalue weighted by Crippen LogP contribution is 2.49. The van der Waals surface area contributed by atoms with Crippen molar-refractivity contribution in [2.45, 2.75) is 18.5 Å². The summed E-state index contributed by atoms with van der Waals surface area (Å²) in [6.07, 6.45) is 3.61. The molecule has 2 aliphatic rings. The van der Waals surface area contributed by atoms with Crippen molar-refractivity contribution in [1.82, 2.24) is 5.32 Å². The molecule has 2 aliphatic heterocycles. The first-order valence-electron chi connectivity index (χ1n) is 11.3. The maximum absolute atomic E-state index is 13.8. The van der Waals surface area contributed by atoms with Crippen LogP contribution in [0.5, 0.6) is 0 Å². The molecule has 2 N–H and O–H groups in total. The molecule has 2 saturated heterocycles. The van der Waals surface area contributed by atoms with Crippen LogP contribution in [-0.2, 0) is 19.9 Å². The van der Waals surface area contributed by atoms with Gasteiger partial charge in [-0.2, -0.15) is 0 Å². The third-order valence-electron chi connectivity index (χ3n) is 6.87. The summed E-state index contributed by atoms with van der Waals surface area (Å²) in [5.74, 6) is -4.26. The molecular formula is C28H23ClN2O4. The molecule has 5 rings (SSSR count). The second-order valence-electron chi connectivity index (χ2n) is 8.87. The summed E-state index contributed by atoms with van der Waals surface area (Å²) in [4.78, 5) is 41.6. The van der Waals surface area contributed by atoms with E-state index < -0.39 is 41.2 Å². The molecule has 176 valence electrons. The maximum atomic E-state index is 13.8. The first-order chi connectivity index (χ1) is 16.8. The highest BCUT2D eigenvalue weighted by atomic mass is 35.5. The topological polar surface area (TPSA) is 86.7 Å². The average Bonchev–Trinajstić information content (AvgIpc) is 3.35. The lowest BCUT2D eigenvalue weighted by molar-refractivity contribution is -0.149. The molecule has 0 aliphatic carbocycles. The lowest BCUT2D eigenvalue weighted by Gasteiger charge is -2.31. The SMILES string of the molecule is Cc1ccc(N2C(=O)C3C(/C=C/c4ccccc4)NC(C(=O)O)(c4ccccc4)C3C2=O)cc1Cl. The number of nitrogens with zero attached hydrogens (tertiary/aromatic N) is 1. The Labute approximate surface area is 207 Å². The largest absolute Gasteiger partial charge is 0.480 e. The number of imide groups is 1. The van der Waals surface area contributed by atoms with Gasteiger partial charge in [-0.15, -0.1) is 0 Å². The molecule has 35 heavy (non-hydrogen) atoms. The van der Waals surface area contributed by atoms with Gasteiger partial charge in [0.25, 0.3) is 0 Å². The molecular weight excluding hydrogens is 464 g/mol. The number of carboxylic acid groups (broad SMARTS) is 1. The van der Waals surface area contributed by atoms with Crippen molar-refractivity contribution in [2.75, 3.05) is 4.90 Å². The lowest BCUT2D eigenvalue weighted by atomic mass is 9.76. The average molecular weight is 487 g/mol. The van der Waals surface area contributed by atoms with E-state index in [1.807, 2.05) is 43.3 Å². The van der Waals surface area contributed by atoms with Gasteiger partial charge in [0, 0.05) is 11.1 Å². The van der Waals surface area contributed by atoms with Gasteiger partial charge in [-0.1, -0.05) is 90.5 Å². The molecule has 3 aromatic rings. The van der Waals surface area contributed by atoms with Crippen LogP contribution in [0.3, 0.4) is 0 Å². The van der Waals surface area contributed by atoms with E-state index in [9.17, 15) is 19.5 Å². The minimum absolute atomic E-state index is 0.336. The standard InChI is InChI=1S/C28H23ClN2O4/c1-17-12-14-20(16-21(17)29)31-25(32)23-22(15-13-18-8-4-2-5-9-18)30-28(27(34)35,24(23)26(31)33)19-10-6-3-7-11-19/h2-16,22-24,30H,1H3,(H,34,35)/b15-13+. The second-order valence-corrected chi connectivity index (χ2v) is 9.28. The molecule has 0 bridgehead atoms. The number of halogens is 1. The highest BCUT2D eigenvalue weighted by molar-refractivity contribution is 6.32. The van der Waals surface area contributed by atoms with Crippen LogP contribution in [0.25, 0.3) is 6.08 Å². The lowest BCUT2D eigenvalue weighted by Crippen LogP contribution is -2.54. The third-order valence-corrected chi connectivity index (χ3v) is 7.28. The Kier molecular flexibility index (Phi) is 5.79. The number of aliphatic carboxylic acids is 1. The Bertz CT molecular complexity index is 1340. The summed E-state index contributed by atoms with van der Waals surface area (Å²) in [6.45, 7) is 1.83. The van der Waals surface area contributed by atoms with Gasteiger partial charge in [0.15, 0.2) is 5.54 Å². The van der Waals surface area contributed by atoms with E-state index in [-0.39, 0.29) is 0 Å². The Balaban J connectivity index is 1.65. The third kappa shape index (κ3) is 3.66. The van der Waals surface area contributed by atoms with Gasteiger partial charge in [0.05, 0.1) is 17.5 Å². The zero-order chi connectivity index (χ0) is 24.7. The van der Waals surface area contributed by atoms with Gasteiger partial charge in [-0.05, 0) is 35.7 Å². The van der Waals surface area contributed by atoms with E-state index >= 15 is 0 Å². The number of nitrogens with one attached hydrogen (secondary N) is 1. The predicted octanol–water partition coefficient (Wildman–Crippen LogP) is 4.42. The Hall–Kier alpha value is -3.74. The fraction of sp³-hybridized carbons (Fsp3) is 0.179. The molecule has 0 aromatic heterocycles. The van der Waals surface area contributed by atoms with E-state index in [1.165, 1.54) is 0 Å². The molecule has 2 amide bonds. The maximum Gasteiger partial charge on any atom is 0.329 e. The van der Waals surface area contributed by atoms with Crippen LogP contribution in [-0.4, -0.2) is 28.9 Å². The van der Waals surface area contributed by atoms with Crippen molar-refractivity contribution in [3.8, 4) is 0 Å². The zero-order valence-electron chi connectivity index (χ0n) is 18.9. The molecule has 6 nitrogen and oxygen atoms in total. The highest BCUT2D eigenvalue weighted by Gasteiger charge is 2.68. The summed E-state index contributed by atoms with van der Waals surface area (Å²) in [5, 5.41) is 14.1. The van der Waals surface area contributed by atoms with Crippen LogP contribution in [0.4, 0.5) is 5.69 Å². The van der Waals surface area contributed by atoms with Crippen molar-refractivity contribution >= 4 is 41.1 Å². The van der Waals surface area contributed by atoms with E-state index in [1.54, 1.807) is 54.6 Å². The first-order valence-corrected chi connectivity index (χ1v) is 11.7. The Morgan fingerprint density at radius 2 is 1.66 bits per heavy atom. The van der Waals surface area contributed by atoms with E-state index in [0.717, 1.165) is 16.0 Å². The molecule has 3 aromatic carbocycles. The summed E-state index contributed by atoms with van der Waals surface area (Å²) in [5.41, 5.74) is 0.695. The van der Waals surface area contributed by atoms with Crippen molar-refractivity contribution in [3.05, 3.63) is 107 Å². The van der Waals surface area contributed by atoms with Crippen LogP contribution in [0.1, 0.15) is 16.7 Å². The van der Waals surface area contributed by atoms with Crippen molar-refractivity contribution in [1.29, 1.82) is 0 Å². The number of fused-ring (bicyclic) bond motifs is 1. The molecule has 4 unspecified atom stereocenters. The normalized spacial score (nSPS) is 25.9. The zero-order valence-corrected chi connectivity index (χ0v) is 19.6. The molecule has 4 atom stereocenters. The first kappa shape index (κ1) is 23.0. The number of hydrogen-bond acceptors (Lipinski definition) is 4. The molecule has 2 heterocycles. The van der Waals surface area contributed by atoms with E-state index in [2.05, 4.69) is 5.32 Å². The summed E-state index contributed by atoms with van der Waals surface area (Å²) < 4.78 is 0. The van der Waals surface area contributed by atoms with Crippen molar-refractivity contribution in [3.63, 3.8) is 0 Å². The summed E-state index contributed by atoms with van der Waals surface area (Å²) >= 11 is 6.29. The van der Waals surface area contributed by atoms with Gasteiger partial charge in [-0.3, -0.25) is 14.9 Å². The molecule has 0 spiro atoms. The number of aryl methyl sites for hydroxylation is 1. The van der Waals surface area contributed by atoms with Crippen LogP contribution >= 0.6 is 11.6 Å². The number of anilines is 1. The van der Waals surface area contributed by atoms with Gasteiger partial charge in [0.1, 0.15) is 0 Å². The number of benzene rings is 3. The smallest absolute Gasteiger partial charge is 0.329 e. The van der Waals surface area contributed by atoms with E-state index in [4.69, 9.17) is 11.6 Å². The van der Waals surface area contributed by atoms with Gasteiger partial charge in [0.2, 0.25) is 11.8 Å². The van der Waals surface area contributed by atoms with Gasteiger partial charge in [-0.25, -0.2) is 9.69 Å². The molecule has 7 heteroatoms. The Morgan fingerprint density at radius 1 is 1.00 bits per heavy atom. The molecule has 2 fully saturated rings. The van der Waals surface area contributed by atoms with Gasteiger partial charge < -0.3 is 5.11 Å². The number of rotatable bonds is 5. The second kappa shape index (κ2) is 8.80. The molecule has 0 radical (unpaired) electrons. The monoisotopic (exact) mass is 486 g/mol. The van der Waals surface area contributed by atoms with E-state index in [0.29, 0.717) is 16.3 Å². The fourth-order valence-electron chi connectivity index (χ4n) is 5.16. The predicted molar refractivity (Wildman–Crippen MR) is 134 cm³/mol. The number of hydrogen-bond donors (Lipinski definition) is 2. The van der Waals surface area contributed by atoms with Crippen LogP contribution in [0.15, 0.2) is 84.9 Å². The van der Waals surface area contributed by atoms with Crippen LogP contribution in [0, 0.1) is 18.8 Å². The minimum Gasteiger partial charge on any atom is -0.480 e. The van der Waals surface area contributed by atoms with Gasteiger partial charge >= 0.3 is 5.97 Å². The summed E-state index contributed by atoms with van der Waals surface area (Å²) in [6, 6.07) is 22.4. The minimum atomic E-state index is -1.77. The van der Waals surface area contributed by atoms with Crippen LogP contribution in [0.2, 0.25) is 5.02 Å².